The number of nitrogens with one attached hydrogen (secondary N) is 1. The van der Waals surface area contributed by atoms with Crippen molar-refractivity contribution >= 4 is 10.0 Å². The first-order valence-corrected chi connectivity index (χ1v) is 8.39. The Morgan fingerprint density at radius 1 is 1.21 bits per heavy atom. The molecule has 0 unspecified atom stereocenters. The molecule has 0 aromatic heterocycles. The molecule has 0 saturated heterocycles. The fourth-order valence-electron chi connectivity index (χ4n) is 2.47. The zero-order chi connectivity index (χ0) is 13.3. The standard InChI is InChI=1S/C14H19NO3S/c16-19(17,13-5-6-13)15-10-11-7-8-18-14-4-2-1-3-12(14)9-11/h1-4,11,13,15H,5-10H2/t11-/m0/s1. The van der Waals surface area contributed by atoms with Gasteiger partial charge in [-0.25, -0.2) is 13.1 Å². The Labute approximate surface area is 114 Å². The molecule has 1 aromatic carbocycles. The molecule has 1 aliphatic carbocycles. The maximum atomic E-state index is 11.8. The highest BCUT2D eigenvalue weighted by Gasteiger charge is 2.35. The van der Waals surface area contributed by atoms with Gasteiger partial charge in [0.1, 0.15) is 5.75 Å². The highest BCUT2D eigenvalue weighted by Crippen LogP contribution is 2.29. The van der Waals surface area contributed by atoms with E-state index in [0.717, 1.165) is 31.4 Å². The fraction of sp³-hybridized carbons (Fsp3) is 0.571. The van der Waals surface area contributed by atoms with Crippen LogP contribution in [0, 0.1) is 5.92 Å². The van der Waals surface area contributed by atoms with E-state index in [9.17, 15) is 8.42 Å². The van der Waals surface area contributed by atoms with Crippen molar-refractivity contribution in [1.82, 2.24) is 4.72 Å². The van der Waals surface area contributed by atoms with Crippen molar-refractivity contribution in [2.24, 2.45) is 5.92 Å². The molecule has 4 nitrogen and oxygen atoms in total. The van der Waals surface area contributed by atoms with Crippen LogP contribution in [0.15, 0.2) is 24.3 Å². The first-order chi connectivity index (χ1) is 9.15. The van der Waals surface area contributed by atoms with E-state index in [0.29, 0.717) is 19.1 Å². The highest BCUT2D eigenvalue weighted by atomic mass is 32.2. The smallest absolute Gasteiger partial charge is 0.214 e. The number of sulfonamides is 1. The van der Waals surface area contributed by atoms with Crippen LogP contribution >= 0.6 is 0 Å². The van der Waals surface area contributed by atoms with Gasteiger partial charge in [-0.05, 0) is 43.2 Å². The lowest BCUT2D eigenvalue weighted by molar-refractivity contribution is 0.294. The Morgan fingerprint density at radius 3 is 2.79 bits per heavy atom. The summed E-state index contributed by atoms with van der Waals surface area (Å²) in [5.74, 6) is 1.26. The summed E-state index contributed by atoms with van der Waals surface area (Å²) in [7, 11) is -3.07. The molecule has 0 amide bonds. The van der Waals surface area contributed by atoms with Gasteiger partial charge in [-0.15, -0.1) is 0 Å². The number of ether oxygens (including phenoxy) is 1. The third-order valence-corrected chi connectivity index (χ3v) is 5.72. The van der Waals surface area contributed by atoms with Crippen LogP contribution in [0.4, 0.5) is 0 Å². The number of para-hydroxylation sites is 1. The van der Waals surface area contributed by atoms with E-state index in [2.05, 4.69) is 10.8 Å². The molecule has 1 aromatic rings. The molecule has 0 radical (unpaired) electrons. The van der Waals surface area contributed by atoms with Gasteiger partial charge in [0.05, 0.1) is 11.9 Å². The second-order valence-corrected chi connectivity index (χ2v) is 7.45. The Hall–Kier alpha value is -1.07. The second-order valence-electron chi connectivity index (χ2n) is 5.41. The zero-order valence-corrected chi connectivity index (χ0v) is 11.7. The lowest BCUT2D eigenvalue weighted by Gasteiger charge is -2.14. The van der Waals surface area contributed by atoms with E-state index in [1.165, 1.54) is 5.56 Å². The van der Waals surface area contributed by atoms with E-state index in [1.54, 1.807) is 0 Å². The number of hydrogen-bond acceptors (Lipinski definition) is 3. The molecule has 0 bridgehead atoms. The van der Waals surface area contributed by atoms with Crippen molar-refractivity contribution in [3.8, 4) is 5.75 Å². The Morgan fingerprint density at radius 2 is 2.00 bits per heavy atom. The molecule has 5 heteroatoms. The van der Waals surface area contributed by atoms with Crippen LogP contribution in [-0.2, 0) is 16.4 Å². The summed E-state index contributed by atoms with van der Waals surface area (Å²) >= 11 is 0. The normalized spacial score (nSPS) is 23.3. The SMILES string of the molecule is O=S(=O)(NC[C@H]1CCOc2ccccc2C1)C1CC1. The van der Waals surface area contributed by atoms with Crippen LogP contribution < -0.4 is 9.46 Å². The van der Waals surface area contributed by atoms with Crippen molar-refractivity contribution in [2.45, 2.75) is 30.9 Å². The quantitative estimate of drug-likeness (QED) is 0.914. The number of rotatable bonds is 4. The molecule has 1 aliphatic heterocycles. The minimum Gasteiger partial charge on any atom is -0.493 e. The molecule has 0 spiro atoms. The molecule has 1 heterocycles. The molecule has 2 aliphatic rings. The fourth-order valence-corrected chi connectivity index (χ4v) is 3.93. The van der Waals surface area contributed by atoms with Crippen LogP contribution in [0.25, 0.3) is 0 Å². The molecule has 1 N–H and O–H groups in total. The summed E-state index contributed by atoms with van der Waals surface area (Å²) in [5, 5.41) is -0.137. The average molecular weight is 281 g/mol. The summed E-state index contributed by atoms with van der Waals surface area (Å²) in [6.45, 7) is 1.18. The van der Waals surface area contributed by atoms with Crippen LogP contribution in [0.3, 0.4) is 0 Å². The molecule has 104 valence electrons. The van der Waals surface area contributed by atoms with Gasteiger partial charge in [0, 0.05) is 6.54 Å². The second kappa shape index (κ2) is 5.13. The number of benzene rings is 1. The predicted octanol–water partition coefficient (Wildman–Crippen LogP) is 1.71. The molecular weight excluding hydrogens is 262 g/mol. The lowest BCUT2D eigenvalue weighted by atomic mass is 9.97. The van der Waals surface area contributed by atoms with Crippen LogP contribution in [0.1, 0.15) is 24.8 Å². The van der Waals surface area contributed by atoms with Crippen molar-refractivity contribution in [1.29, 1.82) is 0 Å². The summed E-state index contributed by atoms with van der Waals surface area (Å²) in [6.07, 6.45) is 3.39. The van der Waals surface area contributed by atoms with E-state index < -0.39 is 10.0 Å². The van der Waals surface area contributed by atoms with Crippen molar-refractivity contribution < 1.29 is 13.2 Å². The number of hydrogen-bond donors (Lipinski definition) is 1. The van der Waals surface area contributed by atoms with Gasteiger partial charge in [-0.1, -0.05) is 18.2 Å². The van der Waals surface area contributed by atoms with Gasteiger partial charge in [-0.2, -0.15) is 0 Å². The summed E-state index contributed by atoms with van der Waals surface area (Å²) in [4.78, 5) is 0. The predicted molar refractivity (Wildman–Crippen MR) is 73.7 cm³/mol. The molecule has 1 fully saturated rings. The van der Waals surface area contributed by atoms with Gasteiger partial charge in [0.2, 0.25) is 10.0 Å². The van der Waals surface area contributed by atoms with Crippen molar-refractivity contribution in [2.75, 3.05) is 13.2 Å². The summed E-state index contributed by atoms with van der Waals surface area (Å²) in [6, 6.07) is 8.00. The maximum Gasteiger partial charge on any atom is 0.214 e. The van der Waals surface area contributed by atoms with Gasteiger partial charge in [0.15, 0.2) is 0 Å². The first-order valence-electron chi connectivity index (χ1n) is 6.84. The largest absolute Gasteiger partial charge is 0.493 e. The summed E-state index contributed by atoms with van der Waals surface area (Å²) < 4.78 is 32.1. The third-order valence-electron chi connectivity index (χ3n) is 3.80. The molecule has 19 heavy (non-hydrogen) atoms. The molecule has 1 saturated carbocycles. The Bertz CT molecular complexity index is 552. The average Bonchev–Trinajstić information content (AvgIpc) is 3.22. The zero-order valence-electron chi connectivity index (χ0n) is 10.8. The Balaban J connectivity index is 1.63. The molecule has 1 atom stereocenters. The van der Waals surface area contributed by atoms with Crippen molar-refractivity contribution in [3.05, 3.63) is 29.8 Å². The maximum absolute atomic E-state index is 11.8. The monoisotopic (exact) mass is 281 g/mol. The first kappa shape index (κ1) is 12.9. The highest BCUT2D eigenvalue weighted by molar-refractivity contribution is 7.90. The van der Waals surface area contributed by atoms with Crippen LogP contribution in [-0.4, -0.2) is 26.8 Å². The van der Waals surface area contributed by atoms with E-state index >= 15 is 0 Å². The van der Waals surface area contributed by atoms with Crippen LogP contribution in [0.2, 0.25) is 0 Å². The van der Waals surface area contributed by atoms with E-state index in [-0.39, 0.29) is 5.25 Å². The molecular formula is C14H19NO3S. The summed E-state index contributed by atoms with van der Waals surface area (Å²) in [5.41, 5.74) is 1.18. The van der Waals surface area contributed by atoms with Gasteiger partial charge in [0.25, 0.3) is 0 Å². The van der Waals surface area contributed by atoms with Crippen LogP contribution in [0.5, 0.6) is 5.75 Å². The van der Waals surface area contributed by atoms with Gasteiger partial charge >= 0.3 is 0 Å². The Kier molecular flexibility index (Phi) is 3.50. The number of fused-ring (bicyclic) bond motifs is 1. The molecule has 3 rings (SSSR count). The minimum absolute atomic E-state index is 0.137. The van der Waals surface area contributed by atoms with Gasteiger partial charge < -0.3 is 4.74 Å². The topological polar surface area (TPSA) is 55.4 Å². The van der Waals surface area contributed by atoms with Crippen molar-refractivity contribution in [3.63, 3.8) is 0 Å². The van der Waals surface area contributed by atoms with Gasteiger partial charge in [-0.3, -0.25) is 0 Å². The van der Waals surface area contributed by atoms with E-state index in [1.807, 2.05) is 18.2 Å². The lowest BCUT2D eigenvalue weighted by Crippen LogP contribution is -2.32. The van der Waals surface area contributed by atoms with E-state index in [4.69, 9.17) is 4.74 Å². The minimum atomic E-state index is -3.07. The third kappa shape index (κ3) is 3.09.